The van der Waals surface area contributed by atoms with Crippen molar-refractivity contribution in [3.8, 4) is 0 Å². The lowest BCUT2D eigenvalue weighted by Gasteiger charge is -2.42. The summed E-state index contributed by atoms with van der Waals surface area (Å²) in [6.45, 7) is 6.53. The van der Waals surface area contributed by atoms with Crippen LogP contribution in [-0.2, 0) is 24.0 Å². The molecule has 262 valence electrons. The van der Waals surface area contributed by atoms with E-state index in [9.17, 15) is 28.8 Å². The van der Waals surface area contributed by atoms with E-state index in [1.54, 1.807) is 4.90 Å². The van der Waals surface area contributed by atoms with E-state index in [0.717, 1.165) is 89.9 Å². The minimum atomic E-state index is -1.08. The molecular formula is C36H57N5O6. The van der Waals surface area contributed by atoms with Gasteiger partial charge in [-0.3, -0.25) is 24.0 Å². The fourth-order valence-corrected chi connectivity index (χ4v) is 8.37. The highest BCUT2D eigenvalue weighted by Gasteiger charge is 2.49. The number of ketones is 2. The van der Waals surface area contributed by atoms with Crippen LogP contribution < -0.4 is 21.7 Å². The molecule has 5 N–H and O–H groups in total. The van der Waals surface area contributed by atoms with Crippen LogP contribution in [0.15, 0.2) is 0 Å². The third kappa shape index (κ3) is 8.74. The number of nitrogens with zero attached hydrogens (tertiary/aromatic N) is 1. The van der Waals surface area contributed by atoms with Gasteiger partial charge in [-0.25, -0.2) is 4.79 Å². The maximum Gasteiger partial charge on any atom is 0.316 e. The molecule has 0 spiro atoms. The third-order valence-corrected chi connectivity index (χ3v) is 11.9. The summed E-state index contributed by atoms with van der Waals surface area (Å²) in [7, 11) is 0. The second kappa shape index (κ2) is 15.1. The Labute approximate surface area is 279 Å². The lowest BCUT2D eigenvalue weighted by molar-refractivity contribution is -0.144. The molecular weight excluding hydrogens is 598 g/mol. The van der Waals surface area contributed by atoms with Crippen molar-refractivity contribution in [2.45, 2.75) is 148 Å². The summed E-state index contributed by atoms with van der Waals surface area (Å²) >= 11 is 0. The van der Waals surface area contributed by atoms with Gasteiger partial charge in [0, 0.05) is 12.5 Å². The molecule has 0 radical (unpaired) electrons. The van der Waals surface area contributed by atoms with Crippen LogP contribution in [0.5, 0.6) is 0 Å². The van der Waals surface area contributed by atoms with Gasteiger partial charge in [0.2, 0.25) is 17.6 Å². The molecule has 0 aromatic heterocycles. The summed E-state index contributed by atoms with van der Waals surface area (Å²) in [5.74, 6) is -1.95. The minimum Gasteiger partial charge on any atom is -0.363 e. The van der Waals surface area contributed by atoms with Crippen LogP contribution >= 0.6 is 0 Å². The molecule has 4 aliphatic carbocycles. The second-order valence-electron chi connectivity index (χ2n) is 16.0. The number of primary amides is 1. The van der Waals surface area contributed by atoms with Crippen LogP contribution in [0.25, 0.3) is 0 Å². The van der Waals surface area contributed by atoms with E-state index in [1.165, 1.54) is 0 Å². The summed E-state index contributed by atoms with van der Waals surface area (Å²) in [6.07, 6.45) is 13.9. The molecule has 1 unspecified atom stereocenters. The molecule has 1 saturated heterocycles. The number of amides is 5. The zero-order valence-electron chi connectivity index (χ0n) is 28.7. The van der Waals surface area contributed by atoms with Gasteiger partial charge in [-0.1, -0.05) is 72.1 Å². The highest BCUT2D eigenvalue weighted by atomic mass is 16.2. The van der Waals surface area contributed by atoms with Crippen LogP contribution in [0.1, 0.15) is 124 Å². The second-order valence-corrected chi connectivity index (χ2v) is 16.0. The maximum absolute atomic E-state index is 14.7. The van der Waals surface area contributed by atoms with E-state index in [1.807, 2.05) is 6.92 Å². The Morgan fingerprint density at radius 3 is 2.02 bits per heavy atom. The quantitative estimate of drug-likeness (QED) is 0.208. The molecule has 5 atom stereocenters. The molecule has 11 heteroatoms. The van der Waals surface area contributed by atoms with Crippen molar-refractivity contribution >= 4 is 35.3 Å². The Morgan fingerprint density at radius 1 is 0.809 bits per heavy atom. The van der Waals surface area contributed by atoms with E-state index >= 15 is 0 Å². The highest BCUT2D eigenvalue weighted by molar-refractivity contribution is 6.37. The summed E-state index contributed by atoms with van der Waals surface area (Å²) in [5.41, 5.74) is 4.80. The predicted molar refractivity (Wildman–Crippen MR) is 177 cm³/mol. The Hall–Kier alpha value is -2.98. The average molecular weight is 656 g/mol. The highest BCUT2D eigenvalue weighted by Crippen LogP contribution is 2.41. The third-order valence-electron chi connectivity index (χ3n) is 11.9. The number of carbonyl (C=O) groups is 6. The van der Waals surface area contributed by atoms with Crippen molar-refractivity contribution in [1.29, 1.82) is 0 Å². The first kappa shape index (κ1) is 35.3. The van der Waals surface area contributed by atoms with Crippen LogP contribution in [0.2, 0.25) is 0 Å². The molecule has 1 aliphatic heterocycles. The first-order chi connectivity index (χ1) is 22.4. The molecule has 5 fully saturated rings. The number of rotatable bonds is 14. The lowest BCUT2D eigenvalue weighted by Crippen LogP contribution is -2.62. The molecule has 0 aromatic rings. The Kier molecular flexibility index (Phi) is 11.3. The molecule has 5 amide bonds. The molecule has 5 aliphatic rings. The zero-order valence-corrected chi connectivity index (χ0v) is 28.7. The number of hydrogen-bond donors (Lipinski definition) is 4. The number of nitrogens with one attached hydrogen (secondary N) is 3. The van der Waals surface area contributed by atoms with E-state index in [0.29, 0.717) is 19.4 Å². The van der Waals surface area contributed by atoms with Crippen molar-refractivity contribution in [1.82, 2.24) is 20.9 Å². The van der Waals surface area contributed by atoms with Gasteiger partial charge in [-0.15, -0.1) is 0 Å². The van der Waals surface area contributed by atoms with Gasteiger partial charge in [0.25, 0.3) is 5.91 Å². The van der Waals surface area contributed by atoms with Crippen molar-refractivity contribution in [2.24, 2.45) is 40.7 Å². The fourth-order valence-electron chi connectivity index (χ4n) is 8.37. The number of urea groups is 1. The monoisotopic (exact) mass is 655 g/mol. The largest absolute Gasteiger partial charge is 0.363 e. The van der Waals surface area contributed by atoms with Gasteiger partial charge in [0.1, 0.15) is 12.1 Å². The molecule has 11 nitrogen and oxygen atoms in total. The Morgan fingerprint density at radius 2 is 1.45 bits per heavy atom. The topological polar surface area (TPSA) is 168 Å². The van der Waals surface area contributed by atoms with E-state index in [4.69, 9.17) is 5.73 Å². The van der Waals surface area contributed by atoms with Gasteiger partial charge < -0.3 is 26.6 Å². The minimum absolute atomic E-state index is 0.0116. The van der Waals surface area contributed by atoms with Crippen molar-refractivity contribution in [3.05, 3.63) is 0 Å². The lowest BCUT2D eigenvalue weighted by atomic mass is 9.70. The van der Waals surface area contributed by atoms with Gasteiger partial charge in [0.05, 0.1) is 12.1 Å². The maximum atomic E-state index is 14.7. The number of likely N-dealkylation sites (tertiary alicyclic amines) is 1. The van der Waals surface area contributed by atoms with E-state index in [2.05, 4.69) is 29.8 Å². The molecule has 0 aromatic carbocycles. The first-order valence-electron chi connectivity index (χ1n) is 18.4. The van der Waals surface area contributed by atoms with Gasteiger partial charge >= 0.3 is 6.03 Å². The predicted octanol–water partition coefficient (Wildman–Crippen LogP) is 3.77. The molecule has 47 heavy (non-hydrogen) atoms. The first-order valence-corrected chi connectivity index (χ1v) is 18.4. The van der Waals surface area contributed by atoms with Crippen molar-refractivity contribution in [2.75, 3.05) is 6.54 Å². The van der Waals surface area contributed by atoms with Crippen LogP contribution in [0.4, 0.5) is 4.79 Å². The molecule has 0 bridgehead atoms. The number of nitrogens with two attached hydrogens (primary N) is 1. The molecule has 1 heterocycles. The SMILES string of the molecule is CC(C)[C@@H]1C[C@@H](C(=O)NC(CC2CC2)C(=O)C(N)=O)N(C(=O)[C@@H](NC(=O)N[C@H](C(=O)C2CC2)C2CCCCC2)C2(C)CCCCC2)C1. The standard InChI is InChI=1S/C36H57N5O6/c1-21(2)25-19-27(33(45)38-26(18-22-12-13-22)30(43)32(37)44)41(20-25)34(46)31(36(3)16-8-5-9-17-36)40-35(47)39-28(29(42)24-14-15-24)23-10-6-4-7-11-23/h21-28,31H,4-20H2,1-3H3,(H2,37,44)(H,38,45)(H2,39,40,47)/t25-,26?,27+,28+,31-/m1/s1. The van der Waals surface area contributed by atoms with E-state index < -0.39 is 53.2 Å². The Balaban J connectivity index is 1.37. The van der Waals surface area contributed by atoms with Gasteiger partial charge in [0.15, 0.2) is 5.78 Å². The molecule has 5 rings (SSSR count). The number of Topliss-reactive ketones (excluding diaryl/α,β-unsaturated/α-hetero) is 2. The summed E-state index contributed by atoms with van der Waals surface area (Å²) in [6, 6.07) is -3.81. The molecule has 4 saturated carbocycles. The number of carbonyl (C=O) groups excluding carboxylic acids is 6. The van der Waals surface area contributed by atoms with Crippen LogP contribution in [0, 0.1) is 35.0 Å². The fraction of sp³-hybridized carbons (Fsp3) is 0.833. The van der Waals surface area contributed by atoms with Gasteiger partial charge in [-0.2, -0.15) is 0 Å². The zero-order chi connectivity index (χ0) is 33.9. The van der Waals surface area contributed by atoms with Crippen molar-refractivity contribution < 1.29 is 28.8 Å². The summed E-state index contributed by atoms with van der Waals surface area (Å²) in [5, 5.41) is 8.90. The van der Waals surface area contributed by atoms with Crippen molar-refractivity contribution in [3.63, 3.8) is 0 Å². The van der Waals surface area contributed by atoms with E-state index in [-0.39, 0.29) is 41.3 Å². The summed E-state index contributed by atoms with van der Waals surface area (Å²) < 4.78 is 0. The normalized spacial score (nSPS) is 26.6. The summed E-state index contributed by atoms with van der Waals surface area (Å²) in [4.78, 5) is 81.9. The van der Waals surface area contributed by atoms with Gasteiger partial charge in [-0.05, 0) is 80.5 Å². The Bertz CT molecular complexity index is 1200. The van der Waals surface area contributed by atoms with Crippen LogP contribution in [0.3, 0.4) is 0 Å². The van der Waals surface area contributed by atoms with Crippen LogP contribution in [-0.4, -0.2) is 70.9 Å². The average Bonchev–Trinajstić information content (AvgIpc) is 4.00. The number of hydrogen-bond acceptors (Lipinski definition) is 6. The smallest absolute Gasteiger partial charge is 0.316 e.